The molecule has 1 spiro atoms. The second-order valence-electron chi connectivity index (χ2n) is 7.56. The van der Waals surface area contributed by atoms with Crippen molar-refractivity contribution in [2.24, 2.45) is 5.92 Å². The number of imide groups is 1. The van der Waals surface area contributed by atoms with Crippen LogP contribution < -0.4 is 0 Å². The van der Waals surface area contributed by atoms with Crippen molar-refractivity contribution in [3.8, 4) is 0 Å². The van der Waals surface area contributed by atoms with E-state index in [1.807, 2.05) is 29.4 Å². The quantitative estimate of drug-likeness (QED) is 0.724. The second kappa shape index (κ2) is 6.24. The van der Waals surface area contributed by atoms with Crippen LogP contribution in [0.25, 0.3) is 0 Å². The van der Waals surface area contributed by atoms with E-state index < -0.39 is 15.7 Å². The zero-order chi connectivity index (χ0) is 19.6. The average molecular weight is 415 g/mol. The van der Waals surface area contributed by atoms with Gasteiger partial charge >= 0.3 is 0 Å². The van der Waals surface area contributed by atoms with Crippen LogP contribution in [0, 0.1) is 5.92 Å². The number of carbonyl (C=O) groups is 2. The van der Waals surface area contributed by atoms with E-state index in [2.05, 4.69) is 0 Å². The van der Waals surface area contributed by atoms with Crippen LogP contribution in [0.3, 0.4) is 0 Å². The molecule has 0 bridgehead atoms. The van der Waals surface area contributed by atoms with E-state index in [1.54, 1.807) is 24.3 Å². The van der Waals surface area contributed by atoms with Crippen molar-refractivity contribution in [2.75, 3.05) is 13.1 Å². The average Bonchev–Trinajstić information content (AvgIpc) is 3.37. The number of rotatable bonds is 3. The molecule has 3 unspecified atom stereocenters. The first-order valence-electron chi connectivity index (χ1n) is 9.38. The van der Waals surface area contributed by atoms with Gasteiger partial charge in [0.2, 0.25) is 0 Å². The Morgan fingerprint density at radius 2 is 1.82 bits per heavy atom. The lowest BCUT2D eigenvalue weighted by atomic mass is 10.0. The maximum Gasteiger partial charge on any atom is 0.261 e. The summed E-state index contributed by atoms with van der Waals surface area (Å²) in [5, 5.41) is 0.617. The number of fused-ring (bicyclic) bond motifs is 3. The Morgan fingerprint density at radius 1 is 1.14 bits per heavy atom. The smallest absolute Gasteiger partial charge is 0.261 e. The van der Waals surface area contributed by atoms with Gasteiger partial charge in [-0.25, -0.2) is 8.51 Å². The van der Waals surface area contributed by atoms with E-state index in [9.17, 15) is 13.8 Å². The van der Waals surface area contributed by atoms with E-state index in [-0.39, 0.29) is 24.3 Å². The topological polar surface area (TPSA) is 57.7 Å². The van der Waals surface area contributed by atoms with Crippen molar-refractivity contribution >= 4 is 34.4 Å². The van der Waals surface area contributed by atoms with Gasteiger partial charge in [0.15, 0.2) is 0 Å². The van der Waals surface area contributed by atoms with E-state index in [0.717, 1.165) is 11.1 Å². The van der Waals surface area contributed by atoms with Crippen molar-refractivity contribution in [2.45, 2.75) is 24.6 Å². The van der Waals surface area contributed by atoms with Crippen LogP contribution in [0.2, 0.25) is 5.02 Å². The third-order valence-corrected chi connectivity index (χ3v) is 8.54. The van der Waals surface area contributed by atoms with Crippen LogP contribution in [0.5, 0.6) is 0 Å². The molecule has 28 heavy (non-hydrogen) atoms. The number of halogens is 1. The first kappa shape index (κ1) is 18.0. The summed E-state index contributed by atoms with van der Waals surface area (Å²) in [6.45, 7) is 3.57. The Balaban J connectivity index is 1.49. The first-order chi connectivity index (χ1) is 13.5. The molecule has 0 saturated heterocycles. The Hall–Kier alpha value is -2.02. The van der Waals surface area contributed by atoms with Crippen molar-refractivity contribution in [1.29, 1.82) is 0 Å². The molecule has 2 aliphatic heterocycles. The van der Waals surface area contributed by atoms with Gasteiger partial charge in [-0.3, -0.25) is 14.5 Å². The summed E-state index contributed by atoms with van der Waals surface area (Å²) in [4.78, 5) is 26.8. The highest BCUT2D eigenvalue weighted by atomic mass is 35.5. The van der Waals surface area contributed by atoms with E-state index in [4.69, 9.17) is 11.6 Å². The van der Waals surface area contributed by atoms with Gasteiger partial charge in [-0.05, 0) is 41.8 Å². The fraction of sp³-hybridized carbons (Fsp3) is 0.333. The molecule has 3 atom stereocenters. The summed E-state index contributed by atoms with van der Waals surface area (Å²) in [5.41, 5.74) is 3.02. The third kappa shape index (κ3) is 2.38. The molecule has 2 amide bonds. The molecule has 2 aromatic rings. The van der Waals surface area contributed by atoms with Crippen molar-refractivity contribution in [3.05, 3.63) is 69.7 Å². The Labute approximate surface area is 170 Å². The number of benzene rings is 2. The monoisotopic (exact) mass is 414 g/mol. The fourth-order valence-electron chi connectivity index (χ4n) is 4.57. The standard InChI is InChI=1S/C21H19ClN2O3S/c1-2-23-11-13-7-8-15(22)9-18(13)21(28(23)27)10-14(21)12-24-19(25)16-5-3-4-6-17(16)20(24)26/h3-9,14H,2,10-12H2,1H3. The van der Waals surface area contributed by atoms with E-state index >= 15 is 0 Å². The summed E-state index contributed by atoms with van der Waals surface area (Å²) in [7, 11) is -1.22. The normalized spacial score (nSPS) is 28.6. The maximum absolute atomic E-state index is 13.4. The van der Waals surface area contributed by atoms with Crippen LogP contribution in [-0.2, 0) is 22.3 Å². The number of carbonyl (C=O) groups excluding carboxylic acids is 2. The molecule has 0 N–H and O–H groups in total. The van der Waals surface area contributed by atoms with Crippen LogP contribution >= 0.6 is 11.6 Å². The SMILES string of the molecule is CCN1Cc2ccc(Cl)cc2C2(CC2CN2C(=O)c3ccccc3C2=O)S1=O. The lowest BCUT2D eigenvalue weighted by Gasteiger charge is -2.34. The predicted molar refractivity (Wildman–Crippen MR) is 107 cm³/mol. The van der Waals surface area contributed by atoms with Crippen LogP contribution in [-0.4, -0.2) is 38.3 Å². The Kier molecular flexibility index (Phi) is 4.02. The van der Waals surface area contributed by atoms with Gasteiger partial charge in [0.1, 0.15) is 11.0 Å². The third-order valence-electron chi connectivity index (χ3n) is 6.10. The molecule has 7 heteroatoms. The molecule has 1 fully saturated rings. The molecule has 2 heterocycles. The van der Waals surface area contributed by atoms with Crippen molar-refractivity contribution in [3.63, 3.8) is 0 Å². The summed E-state index contributed by atoms with van der Waals surface area (Å²) < 4.78 is 14.8. The molecule has 2 aromatic carbocycles. The second-order valence-corrected chi connectivity index (χ2v) is 9.74. The summed E-state index contributed by atoms with van der Waals surface area (Å²) in [6.07, 6.45) is 0.677. The van der Waals surface area contributed by atoms with Gasteiger partial charge in [0.05, 0.1) is 15.9 Å². The van der Waals surface area contributed by atoms with Crippen LogP contribution in [0.4, 0.5) is 0 Å². The van der Waals surface area contributed by atoms with Crippen LogP contribution in [0.15, 0.2) is 42.5 Å². The first-order valence-corrected chi connectivity index (χ1v) is 10.9. The van der Waals surface area contributed by atoms with Crippen molar-refractivity contribution < 1.29 is 13.8 Å². The number of hydrogen-bond donors (Lipinski definition) is 0. The highest BCUT2D eigenvalue weighted by molar-refractivity contribution is 7.84. The molecule has 144 valence electrons. The maximum atomic E-state index is 13.4. The molecular weight excluding hydrogens is 396 g/mol. The number of nitrogens with zero attached hydrogens (tertiary/aromatic N) is 2. The number of amides is 2. The van der Waals surface area contributed by atoms with Gasteiger partial charge in [-0.15, -0.1) is 0 Å². The molecule has 1 saturated carbocycles. The molecule has 0 aromatic heterocycles. The van der Waals surface area contributed by atoms with Gasteiger partial charge in [-0.2, -0.15) is 0 Å². The molecular formula is C21H19ClN2O3S. The Bertz CT molecular complexity index is 1020. The minimum absolute atomic E-state index is 0.0397. The minimum atomic E-state index is -1.22. The predicted octanol–water partition coefficient (Wildman–Crippen LogP) is 3.35. The van der Waals surface area contributed by atoms with Gasteiger partial charge < -0.3 is 0 Å². The zero-order valence-corrected chi connectivity index (χ0v) is 16.9. The summed E-state index contributed by atoms with van der Waals surface area (Å²) in [6, 6.07) is 12.7. The molecule has 5 rings (SSSR count). The molecule has 0 radical (unpaired) electrons. The Morgan fingerprint density at radius 3 is 2.46 bits per heavy atom. The van der Waals surface area contributed by atoms with E-state index in [0.29, 0.717) is 35.7 Å². The van der Waals surface area contributed by atoms with Gasteiger partial charge in [-0.1, -0.05) is 36.7 Å². The summed E-state index contributed by atoms with van der Waals surface area (Å²) in [5.74, 6) is -0.562. The lowest BCUT2D eigenvalue weighted by Crippen LogP contribution is -2.41. The highest BCUT2D eigenvalue weighted by Gasteiger charge is 2.64. The largest absolute Gasteiger partial charge is 0.274 e. The minimum Gasteiger partial charge on any atom is -0.274 e. The lowest BCUT2D eigenvalue weighted by molar-refractivity contribution is 0.0645. The molecule has 3 aliphatic rings. The van der Waals surface area contributed by atoms with E-state index in [1.165, 1.54) is 4.90 Å². The van der Waals surface area contributed by atoms with Crippen LogP contribution in [0.1, 0.15) is 45.2 Å². The highest BCUT2D eigenvalue weighted by Crippen LogP contribution is 2.61. The summed E-state index contributed by atoms with van der Waals surface area (Å²) >= 11 is 6.24. The van der Waals surface area contributed by atoms with Gasteiger partial charge in [0.25, 0.3) is 11.8 Å². The number of hydrogen-bond acceptors (Lipinski definition) is 3. The van der Waals surface area contributed by atoms with Crippen molar-refractivity contribution in [1.82, 2.24) is 9.21 Å². The fourth-order valence-corrected chi connectivity index (χ4v) is 6.78. The molecule has 5 nitrogen and oxygen atoms in total. The zero-order valence-electron chi connectivity index (χ0n) is 15.4. The molecule has 1 aliphatic carbocycles. The van der Waals surface area contributed by atoms with Gasteiger partial charge in [0, 0.05) is 30.6 Å².